The van der Waals surface area contributed by atoms with Gasteiger partial charge in [0.05, 0.1) is 15.5 Å². The Morgan fingerprint density at radius 2 is 1.52 bits per heavy atom. The molecule has 0 fully saturated rings. The molecule has 0 aliphatic carbocycles. The van der Waals surface area contributed by atoms with Crippen LogP contribution in [0.25, 0.3) is 10.8 Å². The summed E-state index contributed by atoms with van der Waals surface area (Å²) in [5.41, 5.74) is -0.663. The minimum atomic E-state index is -4.66. The molecule has 11 nitrogen and oxygen atoms in total. The van der Waals surface area contributed by atoms with E-state index >= 15 is 0 Å². The molecular formula is C16H12N2O9S2. The number of fused-ring (bicyclic) bond motifs is 1. The van der Waals surface area contributed by atoms with Gasteiger partial charge in [-0.2, -0.15) is 16.8 Å². The van der Waals surface area contributed by atoms with Gasteiger partial charge in [0.25, 0.3) is 25.9 Å². The number of hydrogen-bond donors (Lipinski definition) is 4. The van der Waals surface area contributed by atoms with Crippen LogP contribution in [0, 0.1) is 10.1 Å². The fourth-order valence-electron chi connectivity index (χ4n) is 2.71. The summed E-state index contributed by atoms with van der Waals surface area (Å²) in [5, 5.41) is 24.6. The van der Waals surface area contributed by atoms with E-state index in [-0.39, 0.29) is 22.1 Å². The average molecular weight is 440 g/mol. The molecule has 0 saturated heterocycles. The number of rotatable bonds is 5. The molecule has 0 unspecified atom stereocenters. The van der Waals surface area contributed by atoms with Crippen LogP contribution >= 0.6 is 0 Å². The van der Waals surface area contributed by atoms with E-state index in [1.165, 1.54) is 18.2 Å². The summed E-state index contributed by atoms with van der Waals surface area (Å²) in [6, 6.07) is 8.95. The molecule has 0 radical (unpaired) electrons. The number of aromatic hydroxyl groups is 1. The van der Waals surface area contributed by atoms with Gasteiger partial charge < -0.3 is 10.4 Å². The maximum absolute atomic E-state index is 11.3. The van der Waals surface area contributed by atoms with E-state index in [0.29, 0.717) is 6.07 Å². The lowest BCUT2D eigenvalue weighted by Gasteiger charge is -2.13. The maximum Gasteiger partial charge on any atom is 0.294 e. The summed E-state index contributed by atoms with van der Waals surface area (Å²) in [5.74, 6) is -0.518. The quantitative estimate of drug-likeness (QED) is 0.261. The van der Waals surface area contributed by atoms with Gasteiger partial charge in [0, 0.05) is 17.5 Å². The van der Waals surface area contributed by atoms with Crippen LogP contribution in [0.15, 0.2) is 58.3 Å². The third-order valence-electron chi connectivity index (χ3n) is 3.96. The van der Waals surface area contributed by atoms with Crippen molar-refractivity contribution in [2.24, 2.45) is 0 Å². The molecule has 0 spiro atoms. The second-order valence-corrected chi connectivity index (χ2v) is 8.70. The number of nitro groups is 1. The van der Waals surface area contributed by atoms with E-state index < -0.39 is 46.4 Å². The fraction of sp³-hybridized carbons (Fsp3) is 0. The summed E-state index contributed by atoms with van der Waals surface area (Å²) in [6.45, 7) is 0. The molecule has 0 atom stereocenters. The van der Waals surface area contributed by atoms with Crippen LogP contribution in [0.1, 0.15) is 0 Å². The van der Waals surface area contributed by atoms with Gasteiger partial charge in [-0.05, 0) is 29.7 Å². The Morgan fingerprint density at radius 3 is 2.10 bits per heavy atom. The van der Waals surface area contributed by atoms with Crippen molar-refractivity contribution in [3.05, 3.63) is 58.6 Å². The first-order valence-electron chi connectivity index (χ1n) is 7.64. The minimum Gasteiger partial charge on any atom is -0.507 e. The number of nitro benzene ring substituents is 1. The van der Waals surface area contributed by atoms with Crippen molar-refractivity contribution in [3.63, 3.8) is 0 Å². The molecular weight excluding hydrogens is 428 g/mol. The lowest BCUT2D eigenvalue weighted by atomic mass is 10.1. The highest BCUT2D eigenvalue weighted by Gasteiger charge is 2.21. The SMILES string of the molecule is O=[N+]([O-])c1cc(S(=O)(=O)O)ccc1Nc1cccc2cc(S(=O)(=O)O)cc(O)c12. The monoisotopic (exact) mass is 440 g/mol. The Bertz CT molecular complexity index is 1370. The number of nitrogens with one attached hydrogen (secondary N) is 1. The second kappa shape index (κ2) is 6.97. The van der Waals surface area contributed by atoms with Crippen LogP contribution in [0.2, 0.25) is 0 Å². The Morgan fingerprint density at radius 1 is 0.862 bits per heavy atom. The van der Waals surface area contributed by atoms with E-state index in [1.807, 2.05) is 0 Å². The molecule has 13 heteroatoms. The van der Waals surface area contributed by atoms with Gasteiger partial charge in [0.1, 0.15) is 16.3 Å². The largest absolute Gasteiger partial charge is 0.507 e. The van der Waals surface area contributed by atoms with Crippen molar-refractivity contribution in [2.45, 2.75) is 9.79 Å². The van der Waals surface area contributed by atoms with Gasteiger partial charge >= 0.3 is 0 Å². The number of nitrogens with zero attached hydrogens (tertiary/aromatic N) is 1. The molecule has 0 amide bonds. The Kier molecular flexibility index (Phi) is 4.92. The van der Waals surface area contributed by atoms with Gasteiger partial charge in [0.15, 0.2) is 0 Å². The predicted molar refractivity (Wildman–Crippen MR) is 102 cm³/mol. The molecule has 3 aromatic carbocycles. The zero-order valence-corrected chi connectivity index (χ0v) is 15.8. The smallest absolute Gasteiger partial charge is 0.294 e. The number of anilines is 2. The highest BCUT2D eigenvalue weighted by atomic mass is 32.2. The summed E-state index contributed by atoms with van der Waals surface area (Å²) >= 11 is 0. The third kappa shape index (κ3) is 4.12. The van der Waals surface area contributed by atoms with Crippen molar-refractivity contribution in [1.29, 1.82) is 0 Å². The zero-order valence-electron chi connectivity index (χ0n) is 14.2. The third-order valence-corrected chi connectivity index (χ3v) is 5.64. The molecule has 0 aromatic heterocycles. The molecule has 29 heavy (non-hydrogen) atoms. The van der Waals surface area contributed by atoms with Gasteiger partial charge in [-0.25, -0.2) is 0 Å². The fourth-order valence-corrected chi connectivity index (χ4v) is 3.74. The minimum absolute atomic E-state index is 0.105. The molecule has 0 aliphatic heterocycles. The topological polar surface area (TPSA) is 184 Å². The van der Waals surface area contributed by atoms with Crippen LogP contribution in [0.3, 0.4) is 0 Å². The number of phenols is 1. The first-order chi connectivity index (χ1) is 13.4. The Hall–Kier alpha value is -3.26. The molecule has 3 rings (SSSR count). The molecule has 0 bridgehead atoms. The molecule has 4 N–H and O–H groups in total. The van der Waals surface area contributed by atoms with Crippen LogP contribution in [0.4, 0.5) is 17.1 Å². The van der Waals surface area contributed by atoms with Crippen molar-refractivity contribution >= 4 is 48.1 Å². The van der Waals surface area contributed by atoms with Crippen LogP contribution in [0.5, 0.6) is 5.75 Å². The molecule has 0 saturated carbocycles. The Labute approximate surface area is 163 Å². The highest BCUT2D eigenvalue weighted by molar-refractivity contribution is 7.86. The molecule has 0 heterocycles. The van der Waals surface area contributed by atoms with Crippen molar-refractivity contribution in [3.8, 4) is 5.75 Å². The molecule has 152 valence electrons. The summed E-state index contributed by atoms with van der Waals surface area (Å²) < 4.78 is 63.3. The first-order valence-corrected chi connectivity index (χ1v) is 10.5. The van der Waals surface area contributed by atoms with E-state index in [1.54, 1.807) is 0 Å². The van der Waals surface area contributed by atoms with Crippen molar-refractivity contribution in [2.75, 3.05) is 5.32 Å². The van der Waals surface area contributed by atoms with Gasteiger partial charge in [0.2, 0.25) is 0 Å². The zero-order chi connectivity index (χ0) is 21.6. The normalized spacial score (nSPS) is 12.1. The second-order valence-electron chi connectivity index (χ2n) is 5.86. The van der Waals surface area contributed by atoms with E-state index in [9.17, 15) is 32.1 Å². The summed E-state index contributed by atoms with van der Waals surface area (Å²) in [7, 11) is -9.24. The van der Waals surface area contributed by atoms with E-state index in [0.717, 1.165) is 24.3 Å². The number of hydrogen-bond acceptors (Lipinski definition) is 8. The lowest BCUT2D eigenvalue weighted by molar-refractivity contribution is -0.384. The van der Waals surface area contributed by atoms with Gasteiger partial charge in [-0.1, -0.05) is 12.1 Å². The summed E-state index contributed by atoms with van der Waals surface area (Å²) in [6.07, 6.45) is 0. The number of phenolic OH excluding ortho intramolecular Hbond substituents is 1. The van der Waals surface area contributed by atoms with E-state index in [4.69, 9.17) is 9.11 Å². The predicted octanol–water partition coefficient (Wildman–Crippen LogP) is 2.69. The maximum atomic E-state index is 11.3. The lowest BCUT2D eigenvalue weighted by Crippen LogP contribution is -2.03. The molecule has 3 aromatic rings. The Balaban J connectivity index is 2.17. The first kappa shape index (κ1) is 20.5. The van der Waals surface area contributed by atoms with Crippen molar-refractivity contribution < 1.29 is 36.0 Å². The van der Waals surface area contributed by atoms with Crippen molar-refractivity contribution in [1.82, 2.24) is 0 Å². The highest BCUT2D eigenvalue weighted by Crippen LogP contribution is 2.38. The van der Waals surface area contributed by atoms with Crippen LogP contribution in [-0.4, -0.2) is 36.0 Å². The average Bonchev–Trinajstić information content (AvgIpc) is 2.60. The van der Waals surface area contributed by atoms with E-state index in [2.05, 4.69) is 5.32 Å². The molecule has 0 aliphatic rings. The van der Waals surface area contributed by atoms with Gasteiger partial charge in [-0.15, -0.1) is 0 Å². The summed E-state index contributed by atoms with van der Waals surface area (Å²) in [4.78, 5) is 9.25. The van der Waals surface area contributed by atoms with Crippen LogP contribution in [-0.2, 0) is 20.2 Å². The number of benzene rings is 3. The van der Waals surface area contributed by atoms with Crippen LogP contribution < -0.4 is 5.32 Å². The van der Waals surface area contributed by atoms with Gasteiger partial charge in [-0.3, -0.25) is 19.2 Å². The standard InChI is InChI=1S/C16H12N2O9S2/c19-15-8-11(29(25,26)27)6-9-2-1-3-13(16(9)15)17-12-5-4-10(28(22,23)24)7-14(12)18(20)21/h1-8,17,19H,(H,22,23,24)(H,25,26,27).